The molecule has 1 amide bonds. The third kappa shape index (κ3) is 5.73. The highest BCUT2D eigenvalue weighted by Crippen LogP contribution is 2.19. The van der Waals surface area contributed by atoms with E-state index in [1.165, 1.54) is 49.1 Å². The van der Waals surface area contributed by atoms with Gasteiger partial charge in [0.25, 0.3) is 5.91 Å². The van der Waals surface area contributed by atoms with E-state index < -0.39 is 28.7 Å². The van der Waals surface area contributed by atoms with Crippen LogP contribution in [0.2, 0.25) is 0 Å². The molecular formula is C16H18F3N3O4S. The van der Waals surface area contributed by atoms with E-state index in [9.17, 15) is 26.4 Å². The molecule has 0 unspecified atom stereocenters. The normalized spacial score (nSPS) is 12.0. The number of sulfonamides is 1. The minimum atomic E-state index is -4.44. The number of aryl methyl sites for hydroxylation is 1. The van der Waals surface area contributed by atoms with E-state index in [4.69, 9.17) is 0 Å². The number of carbonyl (C=O) groups is 1. The van der Waals surface area contributed by atoms with Crippen molar-refractivity contribution < 1.29 is 31.1 Å². The average molecular weight is 405 g/mol. The number of rotatable bonds is 7. The summed E-state index contributed by atoms with van der Waals surface area (Å²) in [5.74, 6) is -0.503. The number of nitrogens with zero attached hydrogens (tertiary/aromatic N) is 1. The van der Waals surface area contributed by atoms with E-state index in [0.717, 1.165) is 0 Å². The summed E-state index contributed by atoms with van der Waals surface area (Å²) < 4.78 is 68.4. The predicted octanol–water partition coefficient (Wildman–Crippen LogP) is 1.80. The van der Waals surface area contributed by atoms with Crippen molar-refractivity contribution >= 4 is 15.9 Å². The number of amides is 1. The molecule has 0 atom stereocenters. The number of alkyl halides is 3. The second-order valence-corrected chi connectivity index (χ2v) is 7.50. The molecule has 0 aliphatic rings. The smallest absolute Gasteiger partial charge is 0.422 e. The van der Waals surface area contributed by atoms with Crippen molar-refractivity contribution in [2.75, 3.05) is 13.7 Å². The Hall–Kier alpha value is -2.53. The van der Waals surface area contributed by atoms with Crippen LogP contribution in [-0.4, -0.2) is 38.7 Å². The molecule has 2 aromatic rings. The maximum absolute atomic E-state index is 12.3. The topological polar surface area (TPSA) is 89.4 Å². The molecule has 1 aromatic heterocycles. The van der Waals surface area contributed by atoms with Crippen molar-refractivity contribution in [2.24, 2.45) is 7.05 Å². The number of benzene rings is 1. The number of nitrogens with one attached hydrogen (secondary N) is 2. The fourth-order valence-electron chi connectivity index (χ4n) is 2.21. The number of hydrogen-bond donors (Lipinski definition) is 2. The summed E-state index contributed by atoms with van der Waals surface area (Å²) >= 11 is 0. The van der Waals surface area contributed by atoms with Gasteiger partial charge >= 0.3 is 6.18 Å². The van der Waals surface area contributed by atoms with Crippen LogP contribution in [0.3, 0.4) is 0 Å². The molecule has 0 saturated carbocycles. The number of carbonyl (C=O) groups excluding carboxylic acids is 1. The second kappa shape index (κ2) is 8.01. The first-order valence-corrected chi connectivity index (χ1v) is 9.17. The van der Waals surface area contributed by atoms with Gasteiger partial charge in [-0.25, -0.2) is 13.1 Å². The van der Waals surface area contributed by atoms with E-state index in [1.54, 1.807) is 6.07 Å². The molecule has 2 rings (SSSR count). The maximum atomic E-state index is 12.3. The van der Waals surface area contributed by atoms with Crippen LogP contribution in [-0.2, 0) is 23.6 Å². The molecular weight excluding hydrogens is 387 g/mol. The van der Waals surface area contributed by atoms with Gasteiger partial charge < -0.3 is 14.6 Å². The van der Waals surface area contributed by atoms with E-state index >= 15 is 0 Å². The van der Waals surface area contributed by atoms with Gasteiger partial charge in [-0.2, -0.15) is 13.2 Å². The summed E-state index contributed by atoms with van der Waals surface area (Å²) in [5.41, 5.74) is 0.647. The van der Waals surface area contributed by atoms with E-state index in [2.05, 4.69) is 14.8 Å². The van der Waals surface area contributed by atoms with Crippen molar-refractivity contribution in [3.8, 4) is 5.75 Å². The zero-order chi connectivity index (χ0) is 20.2. The molecule has 0 saturated heterocycles. The van der Waals surface area contributed by atoms with Crippen molar-refractivity contribution in [3.05, 3.63) is 47.8 Å². The van der Waals surface area contributed by atoms with Gasteiger partial charge in [-0.05, 0) is 30.8 Å². The second-order valence-electron chi connectivity index (χ2n) is 5.61. The van der Waals surface area contributed by atoms with E-state index in [1.807, 2.05) is 0 Å². The van der Waals surface area contributed by atoms with Gasteiger partial charge in [-0.15, -0.1) is 0 Å². The average Bonchev–Trinajstić information content (AvgIpc) is 3.00. The molecule has 1 aromatic carbocycles. The molecule has 148 valence electrons. The van der Waals surface area contributed by atoms with Crippen molar-refractivity contribution in [1.29, 1.82) is 0 Å². The molecule has 0 spiro atoms. The highest BCUT2D eigenvalue weighted by molar-refractivity contribution is 7.89. The Morgan fingerprint density at radius 1 is 1.26 bits per heavy atom. The zero-order valence-corrected chi connectivity index (χ0v) is 15.3. The van der Waals surface area contributed by atoms with Crippen LogP contribution in [0, 0.1) is 0 Å². The fraction of sp³-hybridized carbons (Fsp3) is 0.312. The lowest BCUT2D eigenvalue weighted by Crippen LogP contribution is -2.25. The van der Waals surface area contributed by atoms with Gasteiger partial charge in [0.15, 0.2) is 6.61 Å². The number of hydrogen-bond acceptors (Lipinski definition) is 4. The van der Waals surface area contributed by atoms with Gasteiger partial charge in [0.05, 0.1) is 0 Å². The molecule has 0 aliphatic carbocycles. The maximum Gasteiger partial charge on any atom is 0.422 e. The minimum absolute atomic E-state index is 0.0281. The number of ether oxygens (including phenoxy) is 1. The van der Waals surface area contributed by atoms with Gasteiger partial charge in [0.1, 0.15) is 16.3 Å². The quantitative estimate of drug-likeness (QED) is 0.735. The monoisotopic (exact) mass is 405 g/mol. The Balaban J connectivity index is 2.04. The lowest BCUT2D eigenvalue weighted by molar-refractivity contribution is -0.153. The Bertz CT molecular complexity index is 923. The first-order valence-electron chi connectivity index (χ1n) is 7.68. The van der Waals surface area contributed by atoms with Gasteiger partial charge in [0.2, 0.25) is 10.0 Å². The van der Waals surface area contributed by atoms with Crippen LogP contribution >= 0.6 is 0 Å². The van der Waals surface area contributed by atoms with Crippen LogP contribution in [0.15, 0.2) is 41.4 Å². The minimum Gasteiger partial charge on any atom is -0.484 e. The molecule has 0 aliphatic heterocycles. The standard InChI is InChI=1S/C16H18F3N3O4S/c1-20-27(24,25)13-7-14(22(2)9-13)15(23)21-8-11-4-3-5-12(6-11)26-10-16(17,18)19/h3-7,9,20H,8,10H2,1-2H3,(H,21,23). The SMILES string of the molecule is CNS(=O)(=O)c1cc(C(=O)NCc2cccc(OCC(F)(F)F)c2)n(C)c1. The Morgan fingerprint density at radius 3 is 2.59 bits per heavy atom. The largest absolute Gasteiger partial charge is 0.484 e. The predicted molar refractivity (Wildman–Crippen MR) is 90.8 cm³/mol. The molecule has 7 nitrogen and oxygen atoms in total. The molecule has 11 heteroatoms. The Kier molecular flexibility index (Phi) is 6.16. The third-order valence-electron chi connectivity index (χ3n) is 3.55. The summed E-state index contributed by atoms with van der Waals surface area (Å²) in [4.78, 5) is 12.2. The molecule has 0 fully saturated rings. The molecule has 0 radical (unpaired) electrons. The van der Waals surface area contributed by atoms with Crippen LogP contribution in [0.1, 0.15) is 16.1 Å². The number of aromatic nitrogens is 1. The van der Waals surface area contributed by atoms with Gasteiger partial charge in [-0.3, -0.25) is 4.79 Å². The highest BCUT2D eigenvalue weighted by Gasteiger charge is 2.28. The fourth-order valence-corrected chi connectivity index (χ4v) is 3.01. The van der Waals surface area contributed by atoms with Gasteiger partial charge in [-0.1, -0.05) is 12.1 Å². The summed E-state index contributed by atoms with van der Waals surface area (Å²) in [6.45, 7) is -1.38. The van der Waals surface area contributed by atoms with Gasteiger partial charge in [0, 0.05) is 19.8 Å². The first-order chi connectivity index (χ1) is 12.5. The molecule has 0 bridgehead atoms. The summed E-state index contributed by atoms with van der Waals surface area (Å²) in [7, 11) is -0.901. The lowest BCUT2D eigenvalue weighted by atomic mass is 10.2. The third-order valence-corrected chi connectivity index (χ3v) is 4.93. The highest BCUT2D eigenvalue weighted by atomic mass is 32.2. The molecule has 1 heterocycles. The first kappa shape index (κ1) is 20.8. The Morgan fingerprint density at radius 2 is 1.96 bits per heavy atom. The number of halogens is 3. The van der Waals surface area contributed by atoms with Crippen LogP contribution in [0.5, 0.6) is 5.75 Å². The Labute approximate surface area is 154 Å². The zero-order valence-electron chi connectivity index (χ0n) is 14.5. The summed E-state index contributed by atoms with van der Waals surface area (Å²) in [6, 6.07) is 7.11. The van der Waals surface area contributed by atoms with Crippen LogP contribution in [0.25, 0.3) is 0 Å². The van der Waals surface area contributed by atoms with Crippen molar-refractivity contribution in [1.82, 2.24) is 14.6 Å². The summed E-state index contributed by atoms with van der Waals surface area (Å²) in [6.07, 6.45) is -3.14. The molecule has 2 N–H and O–H groups in total. The molecule has 27 heavy (non-hydrogen) atoms. The van der Waals surface area contributed by atoms with Crippen molar-refractivity contribution in [2.45, 2.75) is 17.6 Å². The van der Waals surface area contributed by atoms with E-state index in [0.29, 0.717) is 5.56 Å². The van der Waals surface area contributed by atoms with E-state index in [-0.39, 0.29) is 22.9 Å². The van der Waals surface area contributed by atoms with Crippen LogP contribution in [0.4, 0.5) is 13.2 Å². The van der Waals surface area contributed by atoms with Crippen molar-refractivity contribution in [3.63, 3.8) is 0 Å². The lowest BCUT2D eigenvalue weighted by Gasteiger charge is -2.11. The summed E-state index contributed by atoms with van der Waals surface area (Å²) in [5, 5.41) is 2.59. The van der Waals surface area contributed by atoms with Crippen LogP contribution < -0.4 is 14.8 Å².